The molecule has 2 heterocycles. The van der Waals surface area contributed by atoms with E-state index in [2.05, 4.69) is 15.2 Å². The van der Waals surface area contributed by atoms with Gasteiger partial charge in [0.2, 0.25) is 5.91 Å². The van der Waals surface area contributed by atoms with E-state index in [4.69, 9.17) is 4.42 Å². The Kier molecular flexibility index (Phi) is 4.45. The molecule has 0 spiro atoms. The van der Waals surface area contributed by atoms with E-state index < -0.39 is 11.9 Å². The van der Waals surface area contributed by atoms with Gasteiger partial charge >= 0.3 is 5.97 Å². The van der Waals surface area contributed by atoms with Gasteiger partial charge in [-0.3, -0.25) is 9.48 Å². The van der Waals surface area contributed by atoms with Crippen LogP contribution in [0.3, 0.4) is 0 Å². The van der Waals surface area contributed by atoms with Gasteiger partial charge in [0.1, 0.15) is 11.5 Å². The van der Waals surface area contributed by atoms with Crippen molar-refractivity contribution in [1.29, 1.82) is 0 Å². The number of esters is 1. The summed E-state index contributed by atoms with van der Waals surface area (Å²) in [4.78, 5) is 23.7. The van der Waals surface area contributed by atoms with Crippen LogP contribution in [0.5, 0.6) is 0 Å². The number of rotatable bonds is 4. The van der Waals surface area contributed by atoms with Gasteiger partial charge in [-0.2, -0.15) is 5.10 Å². The fourth-order valence-electron chi connectivity index (χ4n) is 1.86. The largest absolute Gasteiger partial charge is 0.464 e. The number of hydrogen-bond acceptors (Lipinski definition) is 5. The van der Waals surface area contributed by atoms with Crippen LogP contribution in [0.4, 0.5) is 5.69 Å². The Bertz CT molecular complexity index is 740. The fourth-order valence-corrected chi connectivity index (χ4v) is 1.86. The van der Waals surface area contributed by atoms with Crippen LogP contribution in [-0.2, 0) is 16.6 Å². The summed E-state index contributed by atoms with van der Waals surface area (Å²) in [5.74, 6) is 0.333. The van der Waals surface area contributed by atoms with E-state index in [0.717, 1.165) is 5.76 Å². The maximum atomic E-state index is 12.0. The molecule has 0 saturated heterocycles. The molecule has 0 saturated carbocycles. The van der Waals surface area contributed by atoms with Crippen molar-refractivity contribution >= 4 is 23.6 Å². The number of carbonyl (C=O) groups excluding carboxylic acids is 2. The van der Waals surface area contributed by atoms with Gasteiger partial charge in [-0.25, -0.2) is 4.79 Å². The number of carbonyl (C=O) groups is 2. The molecule has 2 rings (SSSR count). The first kappa shape index (κ1) is 15.6. The highest BCUT2D eigenvalue weighted by atomic mass is 16.5. The van der Waals surface area contributed by atoms with Gasteiger partial charge in [-0.05, 0) is 32.1 Å². The third-order valence-corrected chi connectivity index (χ3v) is 3.12. The van der Waals surface area contributed by atoms with Crippen LogP contribution in [0, 0.1) is 13.8 Å². The highest BCUT2D eigenvalue weighted by molar-refractivity contribution is 6.06. The molecule has 7 nitrogen and oxygen atoms in total. The van der Waals surface area contributed by atoms with E-state index in [-0.39, 0.29) is 5.69 Å². The van der Waals surface area contributed by atoms with Crippen LogP contribution in [0.25, 0.3) is 6.08 Å². The van der Waals surface area contributed by atoms with E-state index >= 15 is 0 Å². The minimum atomic E-state index is -0.607. The number of methoxy groups -OCH3 is 1. The topological polar surface area (TPSA) is 86.4 Å². The molecule has 0 aliphatic heterocycles. The van der Waals surface area contributed by atoms with E-state index in [9.17, 15) is 9.59 Å². The lowest BCUT2D eigenvalue weighted by molar-refractivity contribution is -0.111. The first-order valence-electron chi connectivity index (χ1n) is 6.59. The summed E-state index contributed by atoms with van der Waals surface area (Å²) in [6.07, 6.45) is 2.87. The summed E-state index contributed by atoms with van der Waals surface area (Å²) in [5, 5.41) is 6.68. The molecule has 0 fully saturated rings. The highest BCUT2D eigenvalue weighted by Gasteiger charge is 2.21. The van der Waals surface area contributed by atoms with Crippen molar-refractivity contribution in [2.24, 2.45) is 7.05 Å². The van der Waals surface area contributed by atoms with E-state index in [0.29, 0.717) is 17.1 Å². The van der Waals surface area contributed by atoms with Crippen LogP contribution >= 0.6 is 0 Å². The SMILES string of the molecule is COC(=O)c1nn(C)c(C)c1NC(=O)/C=C/c1ccc(C)o1. The molecule has 7 heteroatoms. The van der Waals surface area contributed by atoms with Gasteiger partial charge in [-0.15, -0.1) is 0 Å². The monoisotopic (exact) mass is 303 g/mol. The van der Waals surface area contributed by atoms with Gasteiger partial charge in [0.15, 0.2) is 5.69 Å². The third-order valence-electron chi connectivity index (χ3n) is 3.12. The van der Waals surface area contributed by atoms with E-state index in [1.807, 2.05) is 6.92 Å². The van der Waals surface area contributed by atoms with E-state index in [1.165, 1.54) is 17.9 Å². The Balaban J connectivity index is 2.18. The number of aromatic nitrogens is 2. The van der Waals surface area contributed by atoms with Crippen LogP contribution in [0.2, 0.25) is 0 Å². The van der Waals surface area contributed by atoms with Crippen molar-refractivity contribution in [3.05, 3.63) is 41.1 Å². The number of amides is 1. The third kappa shape index (κ3) is 3.25. The molecule has 1 N–H and O–H groups in total. The molecule has 0 atom stereocenters. The predicted molar refractivity (Wildman–Crippen MR) is 80.4 cm³/mol. The lowest BCUT2D eigenvalue weighted by atomic mass is 10.3. The number of nitrogens with zero attached hydrogens (tertiary/aromatic N) is 2. The summed E-state index contributed by atoms with van der Waals surface area (Å²) in [5.41, 5.74) is 1.05. The van der Waals surface area contributed by atoms with Crippen molar-refractivity contribution < 1.29 is 18.7 Å². The van der Waals surface area contributed by atoms with Crippen molar-refractivity contribution in [3.8, 4) is 0 Å². The standard InChI is InChI=1S/C15H17N3O4/c1-9-5-6-11(22-9)7-8-12(19)16-13-10(2)18(3)17-14(13)15(20)21-4/h5-8H,1-4H3,(H,16,19)/b8-7+. The van der Waals surface area contributed by atoms with Gasteiger partial charge in [0.05, 0.1) is 18.5 Å². The van der Waals surface area contributed by atoms with Crippen LogP contribution in [0.15, 0.2) is 22.6 Å². The normalized spacial score (nSPS) is 10.9. The Morgan fingerprint density at radius 2 is 2.09 bits per heavy atom. The molecule has 1 amide bonds. The second-order valence-electron chi connectivity index (χ2n) is 4.70. The molecule has 0 bridgehead atoms. The van der Waals surface area contributed by atoms with Crippen LogP contribution in [-0.4, -0.2) is 28.8 Å². The van der Waals surface area contributed by atoms with E-state index in [1.54, 1.807) is 32.2 Å². The highest BCUT2D eigenvalue weighted by Crippen LogP contribution is 2.20. The number of aryl methyl sites for hydroxylation is 2. The summed E-state index contributed by atoms with van der Waals surface area (Å²) in [7, 11) is 2.94. The number of nitrogens with one attached hydrogen (secondary N) is 1. The second-order valence-corrected chi connectivity index (χ2v) is 4.70. The second kappa shape index (κ2) is 6.30. The minimum absolute atomic E-state index is 0.0677. The molecular formula is C15H17N3O4. The maximum Gasteiger partial charge on any atom is 0.360 e. The Labute approximate surface area is 127 Å². The molecule has 22 heavy (non-hydrogen) atoms. The molecule has 0 aliphatic carbocycles. The first-order valence-corrected chi connectivity index (χ1v) is 6.59. The molecule has 0 aliphatic rings. The lowest BCUT2D eigenvalue weighted by Gasteiger charge is -2.03. The molecule has 0 unspecified atom stereocenters. The smallest absolute Gasteiger partial charge is 0.360 e. The minimum Gasteiger partial charge on any atom is -0.464 e. The Morgan fingerprint density at radius 1 is 1.36 bits per heavy atom. The summed E-state index contributed by atoms with van der Waals surface area (Å²) >= 11 is 0. The van der Waals surface area contributed by atoms with Crippen LogP contribution < -0.4 is 5.32 Å². The Morgan fingerprint density at radius 3 is 2.68 bits per heavy atom. The number of ether oxygens (including phenoxy) is 1. The van der Waals surface area contributed by atoms with Gasteiger partial charge < -0.3 is 14.5 Å². The average Bonchev–Trinajstić information content (AvgIpc) is 3.03. The van der Waals surface area contributed by atoms with Crippen molar-refractivity contribution in [2.75, 3.05) is 12.4 Å². The zero-order chi connectivity index (χ0) is 16.3. The number of furan rings is 1. The van der Waals surface area contributed by atoms with Crippen molar-refractivity contribution in [2.45, 2.75) is 13.8 Å². The zero-order valence-electron chi connectivity index (χ0n) is 12.8. The predicted octanol–water partition coefficient (Wildman–Crippen LogP) is 2.07. The number of anilines is 1. The quantitative estimate of drug-likeness (QED) is 0.690. The molecule has 2 aromatic heterocycles. The van der Waals surface area contributed by atoms with Gasteiger partial charge in [-0.1, -0.05) is 0 Å². The summed E-state index contributed by atoms with van der Waals surface area (Å²) in [6.45, 7) is 3.56. The molecule has 2 aromatic rings. The summed E-state index contributed by atoms with van der Waals surface area (Å²) in [6, 6.07) is 3.56. The lowest BCUT2D eigenvalue weighted by Crippen LogP contribution is -2.12. The van der Waals surface area contributed by atoms with Gasteiger partial charge in [0.25, 0.3) is 0 Å². The molecular weight excluding hydrogens is 286 g/mol. The maximum absolute atomic E-state index is 12.0. The van der Waals surface area contributed by atoms with Crippen molar-refractivity contribution in [3.63, 3.8) is 0 Å². The zero-order valence-corrected chi connectivity index (χ0v) is 12.8. The summed E-state index contributed by atoms with van der Waals surface area (Å²) < 4.78 is 11.5. The van der Waals surface area contributed by atoms with Crippen molar-refractivity contribution in [1.82, 2.24) is 9.78 Å². The molecule has 0 aromatic carbocycles. The van der Waals surface area contributed by atoms with Crippen LogP contribution in [0.1, 0.15) is 27.7 Å². The average molecular weight is 303 g/mol. The molecule has 0 radical (unpaired) electrons. The number of hydrogen-bond donors (Lipinski definition) is 1. The molecule has 116 valence electrons. The first-order chi connectivity index (χ1) is 10.4. The fraction of sp³-hybridized carbons (Fsp3) is 0.267. The Hall–Kier alpha value is -2.83. The van der Waals surface area contributed by atoms with Gasteiger partial charge in [0, 0.05) is 13.1 Å².